The third-order valence-electron chi connectivity index (χ3n) is 5.78. The summed E-state index contributed by atoms with van der Waals surface area (Å²) in [6.45, 7) is -2.22. The van der Waals surface area contributed by atoms with Gasteiger partial charge in [0.2, 0.25) is 0 Å². The molecule has 0 spiro atoms. The van der Waals surface area contributed by atoms with Crippen molar-refractivity contribution in [2.75, 3.05) is 13.1 Å². The Morgan fingerprint density at radius 2 is 2.12 bits per heavy atom. The highest BCUT2D eigenvalue weighted by Crippen LogP contribution is 2.47. The Hall–Kier alpha value is -2.73. The molecule has 7 nitrogen and oxygen atoms in total. The molecule has 3 aromatic rings. The molecule has 2 aliphatic heterocycles. The third kappa shape index (κ3) is 3.84. The van der Waals surface area contributed by atoms with Gasteiger partial charge in [0.15, 0.2) is 10.8 Å². The summed E-state index contributed by atoms with van der Waals surface area (Å²) in [6.07, 6.45) is 3.25. The van der Waals surface area contributed by atoms with Crippen LogP contribution in [0.2, 0.25) is 5.02 Å². The molecule has 0 aliphatic carbocycles. The zero-order valence-electron chi connectivity index (χ0n) is 17.1. The van der Waals surface area contributed by atoms with Gasteiger partial charge in [0, 0.05) is 59.1 Å². The van der Waals surface area contributed by atoms with E-state index in [-0.39, 0.29) is 11.6 Å². The van der Waals surface area contributed by atoms with E-state index in [1.54, 1.807) is 12.3 Å². The maximum absolute atomic E-state index is 13.8. The summed E-state index contributed by atoms with van der Waals surface area (Å²) in [5.74, 6) is 0.0784. The van der Waals surface area contributed by atoms with Crippen molar-refractivity contribution in [1.29, 1.82) is 0 Å². The zero-order chi connectivity index (χ0) is 23.3. The average molecular weight is 494 g/mol. The van der Waals surface area contributed by atoms with Crippen LogP contribution in [0.3, 0.4) is 0 Å². The van der Waals surface area contributed by atoms with Crippen molar-refractivity contribution >= 4 is 34.3 Å². The maximum atomic E-state index is 13.8. The van der Waals surface area contributed by atoms with Crippen LogP contribution in [0.1, 0.15) is 35.3 Å². The van der Waals surface area contributed by atoms with Crippen molar-refractivity contribution in [2.45, 2.75) is 24.6 Å². The Morgan fingerprint density at radius 1 is 1.30 bits per heavy atom. The number of rotatable bonds is 5. The smallest absolute Gasteiger partial charge is 0.329 e. The fraction of sp³-hybridized carbons (Fsp3) is 0.286. The van der Waals surface area contributed by atoms with Crippen molar-refractivity contribution in [3.8, 4) is 0 Å². The van der Waals surface area contributed by atoms with Crippen LogP contribution in [-0.4, -0.2) is 44.1 Å². The molecule has 2 aliphatic rings. The van der Waals surface area contributed by atoms with Crippen molar-refractivity contribution in [3.05, 3.63) is 74.8 Å². The number of nitrogens with zero attached hydrogens (tertiary/aromatic N) is 5. The molecule has 1 fully saturated rings. The highest BCUT2D eigenvalue weighted by Gasteiger charge is 2.45. The van der Waals surface area contributed by atoms with E-state index in [2.05, 4.69) is 10.1 Å². The topological polar surface area (TPSA) is 98.3 Å². The molecule has 5 rings (SSSR count). The first-order valence-corrected chi connectivity index (χ1v) is 11.3. The van der Waals surface area contributed by atoms with E-state index >= 15 is 0 Å². The maximum Gasteiger partial charge on any atom is 0.333 e. The minimum absolute atomic E-state index is 0.165. The molecule has 2 aromatic heterocycles. The molecular formula is C21H19ClF3N7S. The van der Waals surface area contributed by atoms with E-state index in [1.807, 2.05) is 10.3 Å². The van der Waals surface area contributed by atoms with Crippen LogP contribution < -0.4 is 11.5 Å². The summed E-state index contributed by atoms with van der Waals surface area (Å²) in [4.78, 5) is 11.3. The van der Waals surface area contributed by atoms with E-state index < -0.39 is 23.9 Å². The van der Waals surface area contributed by atoms with Crippen LogP contribution in [-0.2, 0) is 0 Å². The zero-order valence-corrected chi connectivity index (χ0v) is 18.7. The second-order valence-electron chi connectivity index (χ2n) is 8.01. The SMILES string of the molecule is NC[C@@]1(N)CC2=C(c3ccn(C(F)F)n3)[C@H](c3ccc(F)cc3Cl)N=C(c3nccs3)N2C1. The molecule has 0 unspecified atom stereocenters. The second-order valence-corrected chi connectivity index (χ2v) is 9.31. The summed E-state index contributed by atoms with van der Waals surface area (Å²) >= 11 is 7.83. The van der Waals surface area contributed by atoms with Crippen LogP contribution in [0.25, 0.3) is 5.57 Å². The first kappa shape index (κ1) is 22.1. The number of aliphatic imine (C=N–C) groups is 1. The molecule has 0 amide bonds. The summed E-state index contributed by atoms with van der Waals surface area (Å²) in [5.41, 5.74) is 14.0. The Kier molecular flexibility index (Phi) is 5.52. The van der Waals surface area contributed by atoms with E-state index in [4.69, 9.17) is 28.1 Å². The van der Waals surface area contributed by atoms with Crippen LogP contribution in [0.4, 0.5) is 13.2 Å². The van der Waals surface area contributed by atoms with E-state index in [9.17, 15) is 13.2 Å². The minimum atomic E-state index is -2.80. The van der Waals surface area contributed by atoms with E-state index in [0.717, 1.165) is 5.70 Å². The number of benzene rings is 1. The number of amidine groups is 1. The van der Waals surface area contributed by atoms with Gasteiger partial charge in [0.1, 0.15) is 11.9 Å². The van der Waals surface area contributed by atoms with Crippen molar-refractivity contribution in [3.63, 3.8) is 0 Å². The van der Waals surface area contributed by atoms with Gasteiger partial charge in [-0.3, -0.25) is 4.99 Å². The lowest BCUT2D eigenvalue weighted by atomic mass is 9.90. The van der Waals surface area contributed by atoms with Gasteiger partial charge in [0.05, 0.1) is 11.2 Å². The largest absolute Gasteiger partial charge is 0.333 e. The minimum Gasteiger partial charge on any atom is -0.329 e. The van der Waals surface area contributed by atoms with Crippen LogP contribution in [0.15, 0.2) is 52.7 Å². The number of thiazole rings is 1. The molecule has 0 bridgehead atoms. The first-order chi connectivity index (χ1) is 15.8. The highest BCUT2D eigenvalue weighted by molar-refractivity contribution is 7.11. The lowest BCUT2D eigenvalue weighted by Crippen LogP contribution is -2.49. The van der Waals surface area contributed by atoms with Crippen LogP contribution in [0, 0.1) is 5.82 Å². The first-order valence-electron chi connectivity index (χ1n) is 10.1. The molecule has 2 atom stereocenters. The van der Waals surface area contributed by atoms with Crippen molar-refractivity contribution in [2.24, 2.45) is 16.5 Å². The Balaban J connectivity index is 1.76. The number of aromatic nitrogens is 3. The standard InChI is InChI=1S/C21H19ClF3N7S/c22-13-7-11(23)1-2-12(13)17-16(14-3-5-32(30-14)20(24)25)15-8-21(27,9-26)10-31(15)18(29-17)19-28-4-6-33-19/h1-7,17,20H,8-10,26-27H2/t17-,21-/m0/s1. The molecule has 172 valence electrons. The molecule has 33 heavy (non-hydrogen) atoms. The van der Waals surface area contributed by atoms with E-state index in [0.29, 0.717) is 45.3 Å². The fourth-order valence-electron chi connectivity index (χ4n) is 4.22. The molecule has 0 saturated carbocycles. The normalized spacial score (nSPS) is 22.8. The van der Waals surface area contributed by atoms with Gasteiger partial charge in [-0.05, 0) is 18.2 Å². The van der Waals surface area contributed by atoms with Gasteiger partial charge in [-0.15, -0.1) is 11.3 Å². The predicted molar refractivity (Wildman–Crippen MR) is 120 cm³/mol. The molecule has 1 aromatic carbocycles. The van der Waals surface area contributed by atoms with Gasteiger partial charge in [-0.25, -0.2) is 14.1 Å². The molecule has 4 N–H and O–H groups in total. The summed E-state index contributed by atoms with van der Waals surface area (Å²) in [6, 6.07) is 4.79. The summed E-state index contributed by atoms with van der Waals surface area (Å²) in [7, 11) is 0. The molecular weight excluding hydrogens is 475 g/mol. The monoisotopic (exact) mass is 493 g/mol. The summed E-state index contributed by atoms with van der Waals surface area (Å²) < 4.78 is 41.0. The number of nitrogens with two attached hydrogens (primary N) is 2. The molecule has 0 radical (unpaired) electrons. The Bertz CT molecular complexity index is 1260. The lowest BCUT2D eigenvalue weighted by Gasteiger charge is -2.32. The van der Waals surface area contributed by atoms with E-state index in [1.165, 1.54) is 35.7 Å². The number of alkyl halides is 2. The number of hydrogen-bond acceptors (Lipinski definition) is 7. The highest BCUT2D eigenvalue weighted by atomic mass is 35.5. The van der Waals surface area contributed by atoms with Crippen LogP contribution >= 0.6 is 22.9 Å². The Morgan fingerprint density at radius 3 is 2.76 bits per heavy atom. The quantitative estimate of drug-likeness (QED) is 0.563. The average Bonchev–Trinajstić information content (AvgIpc) is 3.52. The number of halogens is 4. The van der Waals surface area contributed by atoms with Crippen LogP contribution in [0.5, 0.6) is 0 Å². The molecule has 1 saturated heterocycles. The number of hydrogen-bond donors (Lipinski definition) is 2. The Labute approximate surface area is 196 Å². The van der Waals surface area contributed by atoms with Gasteiger partial charge in [0.25, 0.3) is 0 Å². The van der Waals surface area contributed by atoms with Gasteiger partial charge in [-0.2, -0.15) is 13.9 Å². The lowest BCUT2D eigenvalue weighted by molar-refractivity contribution is 0.0564. The molecule has 4 heterocycles. The fourth-order valence-corrected chi connectivity index (χ4v) is 5.13. The van der Waals surface area contributed by atoms with Gasteiger partial charge in [-0.1, -0.05) is 17.7 Å². The van der Waals surface area contributed by atoms with Crippen molar-refractivity contribution in [1.82, 2.24) is 19.7 Å². The molecule has 12 heteroatoms. The van der Waals surface area contributed by atoms with Gasteiger partial charge < -0.3 is 16.4 Å². The predicted octanol–water partition coefficient (Wildman–Crippen LogP) is 3.80. The number of fused-ring (bicyclic) bond motifs is 1. The van der Waals surface area contributed by atoms with Gasteiger partial charge >= 0.3 is 6.55 Å². The second kappa shape index (κ2) is 8.24. The van der Waals surface area contributed by atoms with Crippen molar-refractivity contribution < 1.29 is 13.2 Å². The third-order valence-corrected chi connectivity index (χ3v) is 6.88. The summed E-state index contributed by atoms with van der Waals surface area (Å²) in [5, 5.41) is 6.74.